The van der Waals surface area contributed by atoms with E-state index in [0.717, 1.165) is 33.2 Å². The maximum Gasteiger partial charge on any atom is 0.416 e. The van der Waals surface area contributed by atoms with Gasteiger partial charge >= 0.3 is 12.1 Å². The monoisotopic (exact) mass is 486 g/mol. The second kappa shape index (κ2) is 11.3. The van der Waals surface area contributed by atoms with Crippen molar-refractivity contribution in [3.8, 4) is 5.75 Å². The summed E-state index contributed by atoms with van der Waals surface area (Å²) in [6.07, 6.45) is -1.79. The molecule has 3 aromatic rings. The van der Waals surface area contributed by atoms with Crippen molar-refractivity contribution in [2.45, 2.75) is 31.3 Å². The Kier molecular flexibility index (Phi) is 8.45. The lowest BCUT2D eigenvalue weighted by atomic mass is 9.95. The van der Waals surface area contributed by atoms with Crippen LogP contribution in [-0.4, -0.2) is 23.4 Å². The fourth-order valence-electron chi connectivity index (χ4n) is 3.50. The normalized spacial score (nSPS) is 12.0. The number of thioether (sulfide) groups is 1. The fourth-order valence-corrected chi connectivity index (χ4v) is 4.33. The van der Waals surface area contributed by atoms with E-state index in [1.165, 1.54) is 12.1 Å². The van der Waals surface area contributed by atoms with E-state index in [-0.39, 0.29) is 0 Å². The highest BCUT2D eigenvalue weighted by Gasteiger charge is 2.30. The van der Waals surface area contributed by atoms with Crippen LogP contribution in [0.15, 0.2) is 77.7 Å². The van der Waals surface area contributed by atoms with Crippen LogP contribution in [0.2, 0.25) is 0 Å². The van der Waals surface area contributed by atoms with Crippen LogP contribution < -0.4 is 4.74 Å². The molecule has 0 saturated carbocycles. The number of ether oxygens (including phenoxy) is 1. The minimum atomic E-state index is -4.41. The maximum atomic E-state index is 13.3. The number of hydrogen-bond acceptors (Lipinski definition) is 3. The van der Waals surface area contributed by atoms with Crippen molar-refractivity contribution >= 4 is 23.3 Å². The van der Waals surface area contributed by atoms with Gasteiger partial charge in [-0.1, -0.05) is 55.0 Å². The molecule has 0 amide bonds. The number of aryl methyl sites for hydroxylation is 2. The predicted octanol–water partition coefficient (Wildman–Crippen LogP) is 7.26. The van der Waals surface area contributed by atoms with Crippen LogP contribution in [-0.2, 0) is 17.4 Å². The molecule has 0 saturated heterocycles. The van der Waals surface area contributed by atoms with E-state index in [0.29, 0.717) is 23.5 Å². The third-order valence-electron chi connectivity index (χ3n) is 5.13. The van der Waals surface area contributed by atoms with Gasteiger partial charge in [0.25, 0.3) is 0 Å². The fraction of sp³-hybridized carbons (Fsp3) is 0.222. The van der Waals surface area contributed by atoms with E-state index in [1.807, 2.05) is 56.3 Å². The highest BCUT2D eigenvalue weighted by atomic mass is 32.2. The summed E-state index contributed by atoms with van der Waals surface area (Å²) in [4.78, 5) is 11.7. The zero-order valence-electron chi connectivity index (χ0n) is 18.9. The van der Waals surface area contributed by atoms with Gasteiger partial charge in [0.15, 0.2) is 6.61 Å². The van der Waals surface area contributed by atoms with Crippen molar-refractivity contribution in [3.05, 3.63) is 101 Å². The first-order valence-electron chi connectivity index (χ1n) is 10.7. The summed E-state index contributed by atoms with van der Waals surface area (Å²) in [5.74, 6) is 0.0379. The minimum absolute atomic E-state index is 0.404. The summed E-state index contributed by atoms with van der Waals surface area (Å²) < 4.78 is 45.3. The number of carboxylic acids is 1. The lowest BCUT2D eigenvalue weighted by molar-refractivity contribution is -0.139. The molecule has 0 fully saturated rings. The van der Waals surface area contributed by atoms with Crippen molar-refractivity contribution < 1.29 is 27.8 Å². The third kappa shape index (κ3) is 6.90. The molecule has 3 rings (SSSR count). The smallest absolute Gasteiger partial charge is 0.416 e. The summed E-state index contributed by atoms with van der Waals surface area (Å²) in [6, 6.07) is 18.6. The van der Waals surface area contributed by atoms with Gasteiger partial charge in [0, 0.05) is 10.6 Å². The molecular weight excluding hydrogens is 461 g/mol. The van der Waals surface area contributed by atoms with Crippen LogP contribution in [0.1, 0.15) is 34.7 Å². The Bertz CT molecular complexity index is 1190. The molecule has 1 N–H and O–H groups in total. The van der Waals surface area contributed by atoms with Gasteiger partial charge in [0.2, 0.25) is 0 Å². The Morgan fingerprint density at radius 3 is 2.38 bits per heavy atom. The first-order chi connectivity index (χ1) is 16.2. The lowest BCUT2D eigenvalue weighted by Gasteiger charge is -2.13. The van der Waals surface area contributed by atoms with E-state index >= 15 is 0 Å². The van der Waals surface area contributed by atoms with Crippen molar-refractivity contribution in [2.75, 3.05) is 12.4 Å². The van der Waals surface area contributed by atoms with Gasteiger partial charge in [0.1, 0.15) is 5.75 Å². The molecule has 0 aromatic heterocycles. The summed E-state index contributed by atoms with van der Waals surface area (Å²) >= 11 is 1.54. The highest BCUT2D eigenvalue weighted by molar-refractivity contribution is 7.99. The van der Waals surface area contributed by atoms with Crippen LogP contribution in [0, 0.1) is 6.92 Å². The summed E-state index contributed by atoms with van der Waals surface area (Å²) in [5.41, 5.74) is 3.33. The third-order valence-corrected chi connectivity index (χ3v) is 6.05. The number of halogens is 3. The number of carboxylic acid groups (broad SMARTS) is 1. The maximum absolute atomic E-state index is 13.3. The van der Waals surface area contributed by atoms with E-state index in [1.54, 1.807) is 23.9 Å². The second-order valence-corrected chi connectivity index (χ2v) is 8.78. The standard InChI is InChI=1S/C27H25F3O3S/c1-3-19-16-23(10-11-25(19)33-17-26(31)32)34-13-12-24(20-7-4-6-18(2)14-20)21-8-5-9-22(15-21)27(28,29)30/h4-12,14-16H,3,13,17H2,1-2H3,(H,31,32)/b24-12-. The molecule has 0 heterocycles. The van der Waals surface area contributed by atoms with E-state index in [9.17, 15) is 18.0 Å². The average Bonchev–Trinajstić information content (AvgIpc) is 2.80. The Hall–Kier alpha value is -3.19. The minimum Gasteiger partial charge on any atom is -0.482 e. The molecule has 0 bridgehead atoms. The topological polar surface area (TPSA) is 46.5 Å². The molecule has 0 aliphatic rings. The van der Waals surface area contributed by atoms with Crippen LogP contribution in [0.3, 0.4) is 0 Å². The number of carbonyl (C=O) groups is 1. The highest BCUT2D eigenvalue weighted by Crippen LogP contribution is 2.34. The van der Waals surface area contributed by atoms with Crippen molar-refractivity contribution in [1.29, 1.82) is 0 Å². The van der Waals surface area contributed by atoms with Crippen molar-refractivity contribution in [2.24, 2.45) is 0 Å². The van der Waals surface area contributed by atoms with Gasteiger partial charge in [-0.05, 0) is 65.9 Å². The van der Waals surface area contributed by atoms with Gasteiger partial charge in [-0.15, -0.1) is 11.8 Å². The Balaban J connectivity index is 1.88. The molecule has 3 aromatic carbocycles. The molecule has 3 nitrogen and oxygen atoms in total. The molecule has 0 radical (unpaired) electrons. The van der Waals surface area contributed by atoms with Gasteiger partial charge in [-0.3, -0.25) is 0 Å². The summed E-state index contributed by atoms with van der Waals surface area (Å²) in [6.45, 7) is 3.50. The Labute approximate surface area is 201 Å². The molecule has 0 atom stereocenters. The number of aliphatic carboxylic acids is 1. The summed E-state index contributed by atoms with van der Waals surface area (Å²) in [7, 11) is 0. The van der Waals surface area contributed by atoms with Gasteiger partial charge in [0.05, 0.1) is 5.56 Å². The number of hydrogen-bond donors (Lipinski definition) is 1. The first-order valence-corrected chi connectivity index (χ1v) is 11.7. The quantitative estimate of drug-likeness (QED) is 0.323. The average molecular weight is 487 g/mol. The molecular formula is C27H25F3O3S. The molecule has 7 heteroatoms. The molecule has 0 aliphatic heterocycles. The lowest BCUT2D eigenvalue weighted by Crippen LogP contribution is -2.10. The van der Waals surface area contributed by atoms with Crippen LogP contribution >= 0.6 is 11.8 Å². The van der Waals surface area contributed by atoms with E-state index in [4.69, 9.17) is 9.84 Å². The van der Waals surface area contributed by atoms with Gasteiger partial charge < -0.3 is 9.84 Å². The van der Waals surface area contributed by atoms with E-state index in [2.05, 4.69) is 0 Å². The Morgan fingerprint density at radius 2 is 1.74 bits per heavy atom. The first kappa shape index (κ1) is 25.4. The van der Waals surface area contributed by atoms with Gasteiger partial charge in [-0.25, -0.2) is 4.79 Å². The Morgan fingerprint density at radius 1 is 1.03 bits per heavy atom. The number of alkyl halides is 3. The second-order valence-electron chi connectivity index (χ2n) is 7.68. The van der Waals surface area contributed by atoms with Crippen molar-refractivity contribution in [3.63, 3.8) is 0 Å². The predicted molar refractivity (Wildman–Crippen MR) is 129 cm³/mol. The van der Waals surface area contributed by atoms with Crippen LogP contribution in [0.4, 0.5) is 13.2 Å². The summed E-state index contributed by atoms with van der Waals surface area (Å²) in [5, 5.41) is 8.83. The van der Waals surface area contributed by atoms with E-state index < -0.39 is 24.3 Å². The molecule has 0 aliphatic carbocycles. The molecule has 34 heavy (non-hydrogen) atoms. The van der Waals surface area contributed by atoms with Crippen molar-refractivity contribution in [1.82, 2.24) is 0 Å². The molecule has 178 valence electrons. The van der Waals surface area contributed by atoms with Gasteiger partial charge in [-0.2, -0.15) is 13.2 Å². The molecule has 0 unspecified atom stereocenters. The van der Waals surface area contributed by atoms with Crippen LogP contribution in [0.5, 0.6) is 5.75 Å². The zero-order valence-corrected chi connectivity index (χ0v) is 19.7. The SMILES string of the molecule is CCc1cc(SC/C=C(/c2cccc(C)c2)c2cccc(C(F)(F)F)c2)ccc1OCC(=O)O. The molecule has 0 spiro atoms. The largest absolute Gasteiger partial charge is 0.482 e. The number of rotatable bonds is 9. The van der Waals surface area contributed by atoms with Crippen LogP contribution in [0.25, 0.3) is 5.57 Å². The zero-order chi connectivity index (χ0) is 24.7. The number of benzene rings is 3.